The number of halogens is 3. The van der Waals surface area contributed by atoms with Crippen molar-refractivity contribution < 1.29 is 22.7 Å². The number of rotatable bonds is 5. The first-order chi connectivity index (χ1) is 16.4. The van der Waals surface area contributed by atoms with Crippen molar-refractivity contribution in [2.75, 3.05) is 22.1 Å². The average molecular weight is 467 g/mol. The predicted molar refractivity (Wildman–Crippen MR) is 123 cm³/mol. The molecule has 2 amide bonds. The molecular weight excluding hydrogens is 447 g/mol. The number of carbonyl (C=O) groups excluding carboxylic acids is 1. The van der Waals surface area contributed by atoms with Crippen LogP contribution in [0.15, 0.2) is 67.0 Å². The zero-order chi connectivity index (χ0) is 23.7. The second-order valence-corrected chi connectivity index (χ2v) is 7.81. The van der Waals surface area contributed by atoms with Crippen LogP contribution in [-0.2, 0) is 13.0 Å². The topological polar surface area (TPSA) is 82.3 Å². The van der Waals surface area contributed by atoms with Crippen molar-refractivity contribution in [2.24, 2.45) is 0 Å². The number of nitrogens with one attached hydrogen (secondary N) is 3. The van der Waals surface area contributed by atoms with Crippen LogP contribution in [0.2, 0.25) is 0 Å². The molecule has 5 rings (SSSR count). The first-order valence-electron chi connectivity index (χ1n) is 10.6. The third-order valence-corrected chi connectivity index (χ3v) is 5.64. The zero-order valence-electron chi connectivity index (χ0n) is 17.8. The van der Waals surface area contributed by atoms with Gasteiger partial charge in [0.1, 0.15) is 5.65 Å². The number of alkyl halides is 3. The molecular formula is C24H20F3N5O2. The summed E-state index contributed by atoms with van der Waals surface area (Å²) in [5, 5.41) is 6.26. The molecule has 34 heavy (non-hydrogen) atoms. The van der Waals surface area contributed by atoms with E-state index in [1.807, 2.05) is 30.5 Å². The Hall–Kier alpha value is -4.21. The Morgan fingerprint density at radius 2 is 1.85 bits per heavy atom. The fourth-order valence-corrected chi connectivity index (χ4v) is 4.20. The summed E-state index contributed by atoms with van der Waals surface area (Å²) in [5.74, 6) is -0.483. The molecule has 2 aromatic carbocycles. The number of para-hydroxylation sites is 2. The maximum absolute atomic E-state index is 12.7. The second kappa shape index (κ2) is 8.62. The highest BCUT2D eigenvalue weighted by atomic mass is 19.4. The average Bonchev–Trinajstić information content (AvgIpc) is 3.43. The Morgan fingerprint density at radius 1 is 1.06 bits per heavy atom. The molecule has 0 fully saturated rings. The maximum Gasteiger partial charge on any atom is 0.573 e. The number of fused-ring (bicyclic) bond motifs is 2. The summed E-state index contributed by atoms with van der Waals surface area (Å²) < 4.78 is 42.0. The maximum atomic E-state index is 12.7. The molecule has 7 nitrogen and oxygen atoms in total. The molecule has 3 N–H and O–H groups in total. The lowest BCUT2D eigenvalue weighted by Crippen LogP contribution is -2.22. The summed E-state index contributed by atoms with van der Waals surface area (Å²) in [6, 6.07) is 14.3. The summed E-state index contributed by atoms with van der Waals surface area (Å²) >= 11 is 0. The number of ether oxygens (including phenoxy) is 1. The van der Waals surface area contributed by atoms with Gasteiger partial charge in [-0.15, -0.1) is 13.2 Å². The molecule has 0 aliphatic carbocycles. The third-order valence-electron chi connectivity index (χ3n) is 5.64. The number of aromatic amines is 1. The van der Waals surface area contributed by atoms with E-state index in [0.29, 0.717) is 12.2 Å². The number of pyridine rings is 1. The van der Waals surface area contributed by atoms with Gasteiger partial charge < -0.3 is 25.3 Å². The molecule has 2 aromatic heterocycles. The van der Waals surface area contributed by atoms with E-state index in [4.69, 9.17) is 0 Å². The minimum absolute atomic E-state index is 0.0836. The van der Waals surface area contributed by atoms with Crippen molar-refractivity contribution >= 4 is 34.1 Å². The number of anilines is 3. The van der Waals surface area contributed by atoms with E-state index >= 15 is 0 Å². The van der Waals surface area contributed by atoms with E-state index in [9.17, 15) is 18.0 Å². The van der Waals surface area contributed by atoms with Gasteiger partial charge in [0.15, 0.2) is 5.75 Å². The van der Waals surface area contributed by atoms with Crippen molar-refractivity contribution in [1.29, 1.82) is 0 Å². The molecule has 0 spiro atoms. The molecule has 1 aliphatic heterocycles. The summed E-state index contributed by atoms with van der Waals surface area (Å²) in [4.78, 5) is 22.3. The SMILES string of the molecule is O=C(Nc1ccccc1OC(F)(F)F)Nc1cccc2c1CCN2Cc1ccnc2[nH]ccc12. The number of aromatic nitrogens is 2. The molecule has 1 aliphatic rings. The number of urea groups is 1. The van der Waals surface area contributed by atoms with Gasteiger partial charge in [0.05, 0.1) is 5.69 Å². The van der Waals surface area contributed by atoms with E-state index in [0.717, 1.165) is 46.9 Å². The first kappa shape index (κ1) is 21.6. The van der Waals surface area contributed by atoms with Crippen molar-refractivity contribution in [2.45, 2.75) is 19.3 Å². The Bertz CT molecular complexity index is 1350. The van der Waals surface area contributed by atoms with Gasteiger partial charge in [-0.1, -0.05) is 18.2 Å². The second-order valence-electron chi connectivity index (χ2n) is 7.81. The van der Waals surface area contributed by atoms with Gasteiger partial charge >= 0.3 is 12.4 Å². The summed E-state index contributed by atoms with van der Waals surface area (Å²) in [5.41, 5.74) is 4.46. The first-order valence-corrected chi connectivity index (χ1v) is 10.6. The quantitative estimate of drug-likeness (QED) is 0.353. The molecule has 0 atom stereocenters. The van der Waals surface area contributed by atoms with E-state index in [1.165, 1.54) is 18.2 Å². The van der Waals surface area contributed by atoms with Crippen LogP contribution < -0.4 is 20.3 Å². The highest BCUT2D eigenvalue weighted by Gasteiger charge is 2.32. The van der Waals surface area contributed by atoms with Gasteiger partial charge in [0.25, 0.3) is 0 Å². The van der Waals surface area contributed by atoms with E-state index < -0.39 is 18.1 Å². The normalized spacial score (nSPS) is 13.1. The smallest absolute Gasteiger partial charge is 0.404 e. The van der Waals surface area contributed by atoms with Crippen molar-refractivity contribution in [3.63, 3.8) is 0 Å². The van der Waals surface area contributed by atoms with E-state index in [1.54, 1.807) is 12.3 Å². The Kier molecular flexibility index (Phi) is 5.48. The lowest BCUT2D eigenvalue weighted by atomic mass is 10.1. The highest BCUT2D eigenvalue weighted by molar-refractivity contribution is 6.01. The Balaban J connectivity index is 1.32. The van der Waals surface area contributed by atoms with Crippen LogP contribution in [0.5, 0.6) is 5.75 Å². The van der Waals surface area contributed by atoms with Gasteiger partial charge in [-0.2, -0.15) is 0 Å². The minimum atomic E-state index is -4.86. The molecule has 4 aromatic rings. The molecule has 174 valence electrons. The monoisotopic (exact) mass is 467 g/mol. The zero-order valence-corrected chi connectivity index (χ0v) is 17.8. The highest BCUT2D eigenvalue weighted by Crippen LogP contribution is 2.36. The van der Waals surface area contributed by atoms with Crippen LogP contribution in [0, 0.1) is 0 Å². The number of nitrogens with zero attached hydrogens (tertiary/aromatic N) is 2. The molecule has 0 bridgehead atoms. The van der Waals surface area contributed by atoms with Crippen LogP contribution in [0.4, 0.5) is 35.0 Å². The standard InChI is InChI=1S/C24H20F3N5O2/c25-24(26,27)34-21-7-2-1-4-19(21)31-23(33)30-18-5-3-6-20-17(18)10-13-32(20)14-15-8-11-28-22-16(15)9-12-29-22/h1-9,11-12H,10,13-14H2,(H,28,29)(H2,30,31,33). The number of hydrogen-bond donors (Lipinski definition) is 3. The lowest BCUT2D eigenvalue weighted by molar-refractivity contribution is -0.274. The van der Waals surface area contributed by atoms with E-state index in [-0.39, 0.29) is 5.69 Å². The van der Waals surface area contributed by atoms with Gasteiger partial charge in [-0.05, 0) is 48.4 Å². The molecule has 3 heterocycles. The van der Waals surface area contributed by atoms with Crippen molar-refractivity contribution in [1.82, 2.24) is 9.97 Å². The van der Waals surface area contributed by atoms with Crippen LogP contribution in [0.3, 0.4) is 0 Å². The number of carbonyl (C=O) groups is 1. The van der Waals surface area contributed by atoms with E-state index in [2.05, 4.69) is 30.2 Å². The number of benzene rings is 2. The minimum Gasteiger partial charge on any atom is -0.404 e. The van der Waals surface area contributed by atoms with Crippen LogP contribution >= 0.6 is 0 Å². The number of amides is 2. The molecule has 10 heteroatoms. The van der Waals surface area contributed by atoms with Gasteiger partial charge in [0, 0.05) is 47.8 Å². The number of hydrogen-bond acceptors (Lipinski definition) is 4. The van der Waals surface area contributed by atoms with Crippen LogP contribution in [0.25, 0.3) is 11.0 Å². The summed E-state index contributed by atoms with van der Waals surface area (Å²) in [6.07, 6.45) is -0.509. The van der Waals surface area contributed by atoms with Crippen molar-refractivity contribution in [3.8, 4) is 5.75 Å². The van der Waals surface area contributed by atoms with Gasteiger partial charge in [-0.3, -0.25) is 0 Å². The summed E-state index contributed by atoms with van der Waals surface area (Å²) in [7, 11) is 0. The van der Waals surface area contributed by atoms with Crippen LogP contribution in [0.1, 0.15) is 11.1 Å². The fraction of sp³-hybridized carbons (Fsp3) is 0.167. The third kappa shape index (κ3) is 4.47. The van der Waals surface area contributed by atoms with Gasteiger partial charge in [0.2, 0.25) is 0 Å². The molecule has 0 saturated heterocycles. The largest absolute Gasteiger partial charge is 0.573 e. The Morgan fingerprint density at radius 3 is 2.71 bits per heavy atom. The lowest BCUT2D eigenvalue weighted by Gasteiger charge is -2.20. The number of H-pyrrole nitrogens is 1. The predicted octanol–water partition coefficient (Wildman–Crippen LogP) is 5.67. The Labute approximate surface area is 192 Å². The molecule has 0 unspecified atom stereocenters. The van der Waals surface area contributed by atoms with Crippen molar-refractivity contribution in [3.05, 3.63) is 78.1 Å². The summed E-state index contributed by atoms with van der Waals surface area (Å²) in [6.45, 7) is 1.45. The molecule has 0 radical (unpaired) electrons. The van der Waals surface area contributed by atoms with Crippen LogP contribution in [-0.4, -0.2) is 28.9 Å². The fourth-order valence-electron chi connectivity index (χ4n) is 4.20. The molecule has 0 saturated carbocycles. The van der Waals surface area contributed by atoms with Gasteiger partial charge in [-0.25, -0.2) is 9.78 Å².